The van der Waals surface area contributed by atoms with Gasteiger partial charge >= 0.3 is 0 Å². The first-order chi connectivity index (χ1) is 27.2. The molecule has 6 nitrogen and oxygen atoms in total. The van der Waals surface area contributed by atoms with Gasteiger partial charge in [0.1, 0.15) is 39.0 Å². The number of para-hydroxylation sites is 2. The van der Waals surface area contributed by atoms with Crippen LogP contribution in [0.3, 0.4) is 0 Å². The predicted molar refractivity (Wildman–Crippen MR) is 221 cm³/mol. The second-order valence-corrected chi connectivity index (χ2v) is 13.9. The summed E-state index contributed by atoms with van der Waals surface area (Å²) in [5.74, 6) is 0.597. The highest BCUT2D eigenvalue weighted by Gasteiger charge is 2.20. The lowest BCUT2D eigenvalue weighted by Crippen LogP contribution is -2.09. The van der Waals surface area contributed by atoms with E-state index >= 15 is 0 Å². The van der Waals surface area contributed by atoms with Gasteiger partial charge in [-0.1, -0.05) is 72.8 Å². The third-order valence-electron chi connectivity index (χ3n) is 10.7. The molecule has 0 radical (unpaired) electrons. The minimum Gasteiger partial charge on any atom is -0.456 e. The lowest BCUT2D eigenvalue weighted by Gasteiger charge is -2.26. The first-order valence-electron chi connectivity index (χ1n) is 18.3. The minimum atomic E-state index is 0.597. The maximum Gasteiger partial charge on any atom is 0.227 e. The van der Waals surface area contributed by atoms with Crippen LogP contribution in [0.25, 0.3) is 99.5 Å². The van der Waals surface area contributed by atoms with Gasteiger partial charge in [-0.25, -0.2) is 4.98 Å². The van der Waals surface area contributed by atoms with Crippen LogP contribution in [0.1, 0.15) is 0 Å². The number of hydrogen-bond donors (Lipinski definition) is 0. The fourth-order valence-corrected chi connectivity index (χ4v) is 8.09. The number of fused-ring (bicyclic) bond motifs is 11. The number of benzene rings is 8. The van der Waals surface area contributed by atoms with Crippen LogP contribution in [0.4, 0.5) is 17.1 Å². The van der Waals surface area contributed by atoms with Crippen LogP contribution in [0.5, 0.6) is 0 Å². The Bertz CT molecular complexity index is 3330. The Balaban J connectivity index is 0.966. The molecular formula is C49H28N2O4. The van der Waals surface area contributed by atoms with Gasteiger partial charge in [0, 0.05) is 49.6 Å². The van der Waals surface area contributed by atoms with Crippen LogP contribution in [0.2, 0.25) is 0 Å². The van der Waals surface area contributed by atoms with Gasteiger partial charge in [-0.15, -0.1) is 0 Å². The van der Waals surface area contributed by atoms with E-state index in [4.69, 9.17) is 22.7 Å². The molecule has 0 fully saturated rings. The zero-order chi connectivity index (χ0) is 36.0. The molecule has 6 heteroatoms. The maximum absolute atomic E-state index is 6.42. The van der Waals surface area contributed by atoms with Crippen LogP contribution in [0, 0.1) is 0 Å². The zero-order valence-corrected chi connectivity index (χ0v) is 29.2. The summed E-state index contributed by atoms with van der Waals surface area (Å²) in [4.78, 5) is 7.07. The lowest BCUT2D eigenvalue weighted by molar-refractivity contribution is 0.622. The Kier molecular flexibility index (Phi) is 6.24. The molecular weight excluding hydrogens is 681 g/mol. The molecule has 0 saturated carbocycles. The molecule has 55 heavy (non-hydrogen) atoms. The van der Waals surface area contributed by atoms with E-state index in [1.54, 1.807) is 0 Å². The minimum absolute atomic E-state index is 0.597. The molecule has 0 unspecified atom stereocenters. The van der Waals surface area contributed by atoms with Crippen molar-refractivity contribution >= 4 is 94.0 Å². The van der Waals surface area contributed by atoms with Gasteiger partial charge in [0.25, 0.3) is 0 Å². The average molecular weight is 709 g/mol. The molecule has 0 amide bonds. The topological polar surface area (TPSA) is 68.7 Å². The summed E-state index contributed by atoms with van der Waals surface area (Å²) in [7, 11) is 0. The second kappa shape index (κ2) is 11.5. The number of aromatic nitrogens is 1. The largest absolute Gasteiger partial charge is 0.456 e. The molecule has 258 valence electrons. The van der Waals surface area contributed by atoms with Crippen LogP contribution in [-0.2, 0) is 0 Å². The Morgan fingerprint density at radius 1 is 0.345 bits per heavy atom. The van der Waals surface area contributed by atoms with Crippen molar-refractivity contribution in [3.05, 3.63) is 170 Å². The summed E-state index contributed by atoms with van der Waals surface area (Å²) >= 11 is 0. The van der Waals surface area contributed by atoms with E-state index in [9.17, 15) is 0 Å². The standard InChI is InChI=1S/C49H28N2O4/c1-2-8-30(9-3-1)49-50-40-22-25-45-47(48(40)55-49)37-21-16-31(26-46(37)54-45)29-14-17-32(18-15-29)51(33-19-23-43-38(27-33)35-10-4-6-12-41(35)52-43)34-20-24-44-39(28-34)36-11-5-7-13-42(36)53-44/h1-28H. The number of anilines is 3. The summed E-state index contributed by atoms with van der Waals surface area (Å²) in [6.45, 7) is 0. The maximum atomic E-state index is 6.42. The van der Waals surface area contributed by atoms with E-state index in [1.807, 2.05) is 66.7 Å². The molecule has 4 heterocycles. The first kappa shape index (κ1) is 29.9. The van der Waals surface area contributed by atoms with Crippen molar-refractivity contribution in [2.75, 3.05) is 4.90 Å². The Morgan fingerprint density at radius 3 is 1.60 bits per heavy atom. The molecule has 0 spiro atoms. The zero-order valence-electron chi connectivity index (χ0n) is 29.2. The Morgan fingerprint density at radius 2 is 0.909 bits per heavy atom. The van der Waals surface area contributed by atoms with Gasteiger partial charge in [-0.3, -0.25) is 0 Å². The lowest BCUT2D eigenvalue weighted by atomic mass is 10.0. The summed E-state index contributed by atoms with van der Waals surface area (Å²) in [5, 5.41) is 6.25. The number of hydrogen-bond acceptors (Lipinski definition) is 6. The van der Waals surface area contributed by atoms with Gasteiger partial charge < -0.3 is 22.6 Å². The van der Waals surface area contributed by atoms with E-state index in [0.29, 0.717) is 5.89 Å². The van der Waals surface area contributed by atoms with E-state index in [0.717, 1.165) is 111 Å². The van der Waals surface area contributed by atoms with Crippen molar-refractivity contribution in [2.24, 2.45) is 0 Å². The third-order valence-corrected chi connectivity index (χ3v) is 10.7. The Hall–Kier alpha value is -7.57. The second-order valence-electron chi connectivity index (χ2n) is 13.9. The molecule has 12 aromatic rings. The van der Waals surface area contributed by atoms with Crippen molar-refractivity contribution in [3.8, 4) is 22.6 Å². The third kappa shape index (κ3) is 4.65. The van der Waals surface area contributed by atoms with Gasteiger partial charge in [0.05, 0.1) is 5.39 Å². The van der Waals surface area contributed by atoms with Gasteiger partial charge in [-0.05, 0) is 108 Å². The van der Waals surface area contributed by atoms with Crippen LogP contribution in [0.15, 0.2) is 188 Å². The predicted octanol–water partition coefficient (Wildman–Crippen LogP) is 14.3. The van der Waals surface area contributed by atoms with Crippen molar-refractivity contribution in [2.45, 2.75) is 0 Å². The van der Waals surface area contributed by atoms with Gasteiger partial charge in [0.15, 0.2) is 5.58 Å². The normalized spacial score (nSPS) is 12.0. The van der Waals surface area contributed by atoms with E-state index in [2.05, 4.69) is 108 Å². The molecule has 8 aromatic carbocycles. The summed E-state index contributed by atoms with van der Waals surface area (Å²) in [6, 6.07) is 58.2. The summed E-state index contributed by atoms with van der Waals surface area (Å²) in [6.07, 6.45) is 0. The molecule has 0 aliphatic heterocycles. The van der Waals surface area contributed by atoms with Crippen LogP contribution < -0.4 is 4.90 Å². The van der Waals surface area contributed by atoms with E-state index in [1.165, 1.54) is 0 Å². The van der Waals surface area contributed by atoms with Crippen molar-refractivity contribution in [3.63, 3.8) is 0 Å². The highest BCUT2D eigenvalue weighted by Crippen LogP contribution is 2.43. The first-order valence-corrected chi connectivity index (χ1v) is 18.3. The summed E-state index contributed by atoms with van der Waals surface area (Å²) < 4.78 is 25.2. The van der Waals surface area contributed by atoms with Crippen molar-refractivity contribution in [1.82, 2.24) is 4.98 Å². The molecule has 0 N–H and O–H groups in total. The molecule has 0 aliphatic carbocycles. The number of furan rings is 3. The highest BCUT2D eigenvalue weighted by atomic mass is 16.4. The fraction of sp³-hybridized carbons (Fsp3) is 0. The molecule has 0 saturated heterocycles. The van der Waals surface area contributed by atoms with Crippen LogP contribution >= 0.6 is 0 Å². The highest BCUT2D eigenvalue weighted by molar-refractivity contribution is 6.17. The molecule has 4 aromatic heterocycles. The van der Waals surface area contributed by atoms with E-state index in [-0.39, 0.29) is 0 Å². The van der Waals surface area contributed by atoms with Crippen LogP contribution in [-0.4, -0.2) is 4.98 Å². The molecule has 12 rings (SSSR count). The van der Waals surface area contributed by atoms with E-state index < -0.39 is 0 Å². The number of oxazole rings is 1. The SMILES string of the molecule is c1ccc(-c2nc3ccc4oc5cc(-c6ccc(N(c7ccc8oc9ccccc9c8c7)c7ccc8oc9ccccc9c8c7)cc6)ccc5c4c3o2)cc1. The molecule has 0 aliphatic rings. The van der Waals surface area contributed by atoms with Gasteiger partial charge in [-0.2, -0.15) is 0 Å². The fourth-order valence-electron chi connectivity index (χ4n) is 8.09. The smallest absolute Gasteiger partial charge is 0.227 e. The van der Waals surface area contributed by atoms with Gasteiger partial charge in [0.2, 0.25) is 5.89 Å². The Labute approximate surface area is 313 Å². The summed E-state index contributed by atoms with van der Waals surface area (Å²) in [5.41, 5.74) is 12.7. The van der Waals surface area contributed by atoms with Crippen molar-refractivity contribution < 1.29 is 17.7 Å². The average Bonchev–Trinajstić information content (AvgIpc) is 4.02. The quantitative estimate of drug-likeness (QED) is 0.177. The number of nitrogens with zero attached hydrogens (tertiary/aromatic N) is 2. The van der Waals surface area contributed by atoms with Crippen molar-refractivity contribution in [1.29, 1.82) is 0 Å². The molecule has 0 bridgehead atoms. The molecule has 0 atom stereocenters. The number of rotatable bonds is 5. The monoisotopic (exact) mass is 708 g/mol.